The summed E-state index contributed by atoms with van der Waals surface area (Å²) < 4.78 is 13.8. The summed E-state index contributed by atoms with van der Waals surface area (Å²) in [7, 11) is 0. The number of nitrogens with one attached hydrogen (secondary N) is 1. The van der Waals surface area contributed by atoms with Gasteiger partial charge in [0.1, 0.15) is 16.7 Å². The largest absolute Gasteiger partial charge is 0.362 e. The molecule has 2 heterocycles. The number of hydrogen-bond acceptors (Lipinski definition) is 5. The summed E-state index contributed by atoms with van der Waals surface area (Å²) in [6, 6.07) is 14.9. The molecule has 4 rings (SSSR count). The van der Waals surface area contributed by atoms with Crippen LogP contribution in [-0.2, 0) is 17.1 Å². The molecule has 7 heteroatoms. The zero-order valence-electron chi connectivity index (χ0n) is 16.7. The van der Waals surface area contributed by atoms with Crippen molar-refractivity contribution in [1.82, 2.24) is 14.9 Å². The van der Waals surface area contributed by atoms with Crippen LogP contribution in [0.2, 0.25) is 0 Å². The lowest BCUT2D eigenvalue weighted by Crippen LogP contribution is -2.28. The van der Waals surface area contributed by atoms with Crippen LogP contribution in [0.5, 0.6) is 0 Å². The number of anilines is 1. The van der Waals surface area contributed by atoms with Crippen LogP contribution in [0.15, 0.2) is 66.0 Å². The summed E-state index contributed by atoms with van der Waals surface area (Å²) in [5.41, 5.74) is 3.04. The standard InChI is InChI=1S/C23H23FN4OS/c1-16(29)28-10-9-21(20-8-7-19(24)11-18(20)14-28)26-22-12-25-13-23(27-22)30-15-17-5-3-2-4-6-17/h2-8,11-13,21H,9-10,14-15H2,1H3,(H,26,27). The number of carbonyl (C=O) groups is 1. The summed E-state index contributed by atoms with van der Waals surface area (Å²) in [6.45, 7) is 2.56. The minimum atomic E-state index is -0.294. The lowest BCUT2D eigenvalue weighted by molar-refractivity contribution is -0.129. The van der Waals surface area contributed by atoms with Gasteiger partial charge < -0.3 is 10.2 Å². The molecular formula is C23H23FN4OS. The number of aromatic nitrogens is 2. The number of fused-ring (bicyclic) bond motifs is 1. The fraction of sp³-hybridized carbons (Fsp3) is 0.261. The fourth-order valence-corrected chi connectivity index (χ4v) is 4.40. The molecule has 0 saturated heterocycles. The van der Waals surface area contributed by atoms with E-state index in [9.17, 15) is 9.18 Å². The zero-order chi connectivity index (χ0) is 20.9. The Morgan fingerprint density at radius 2 is 2.07 bits per heavy atom. The van der Waals surface area contributed by atoms with Gasteiger partial charge in [0.25, 0.3) is 0 Å². The third-order valence-electron chi connectivity index (χ3n) is 5.14. The van der Waals surface area contributed by atoms with Gasteiger partial charge in [-0.3, -0.25) is 9.78 Å². The molecule has 0 spiro atoms. The van der Waals surface area contributed by atoms with Crippen LogP contribution in [-0.4, -0.2) is 27.3 Å². The lowest BCUT2D eigenvalue weighted by atomic mass is 9.99. The zero-order valence-corrected chi connectivity index (χ0v) is 17.5. The van der Waals surface area contributed by atoms with Gasteiger partial charge in [-0.2, -0.15) is 0 Å². The van der Waals surface area contributed by atoms with Crippen LogP contribution < -0.4 is 5.32 Å². The van der Waals surface area contributed by atoms with Crippen molar-refractivity contribution in [2.75, 3.05) is 11.9 Å². The molecule has 1 aromatic heterocycles. The Bertz CT molecular complexity index is 1030. The van der Waals surface area contributed by atoms with Crippen LogP contribution in [0.4, 0.5) is 10.2 Å². The maximum Gasteiger partial charge on any atom is 0.219 e. The number of halogens is 1. The molecule has 0 radical (unpaired) electrons. The predicted molar refractivity (Wildman–Crippen MR) is 117 cm³/mol. The van der Waals surface area contributed by atoms with Crippen molar-refractivity contribution in [1.29, 1.82) is 0 Å². The number of amides is 1. The van der Waals surface area contributed by atoms with E-state index in [4.69, 9.17) is 4.98 Å². The Kier molecular flexibility index (Phi) is 6.28. The van der Waals surface area contributed by atoms with Crippen molar-refractivity contribution in [3.8, 4) is 0 Å². The highest BCUT2D eigenvalue weighted by atomic mass is 32.2. The first-order valence-electron chi connectivity index (χ1n) is 9.87. The molecule has 1 atom stereocenters. The Morgan fingerprint density at radius 3 is 2.87 bits per heavy atom. The van der Waals surface area contributed by atoms with Crippen molar-refractivity contribution in [3.63, 3.8) is 0 Å². The van der Waals surface area contributed by atoms with Gasteiger partial charge in [0.2, 0.25) is 5.91 Å². The highest BCUT2D eigenvalue weighted by Crippen LogP contribution is 2.30. The lowest BCUT2D eigenvalue weighted by Gasteiger charge is -2.20. The van der Waals surface area contributed by atoms with Crippen LogP contribution >= 0.6 is 11.8 Å². The normalized spacial score (nSPS) is 15.9. The molecule has 2 aromatic carbocycles. The average Bonchev–Trinajstić information content (AvgIpc) is 2.92. The number of benzene rings is 2. The minimum Gasteiger partial charge on any atom is -0.362 e. The summed E-state index contributed by atoms with van der Waals surface area (Å²) in [6.07, 6.45) is 4.16. The fourth-order valence-electron chi connectivity index (χ4n) is 3.59. The third kappa shape index (κ3) is 4.97. The van der Waals surface area contributed by atoms with E-state index in [2.05, 4.69) is 22.4 Å². The average molecular weight is 423 g/mol. The van der Waals surface area contributed by atoms with Crippen molar-refractivity contribution in [2.45, 2.75) is 36.7 Å². The van der Waals surface area contributed by atoms with Gasteiger partial charge in [0, 0.05) is 25.8 Å². The topological polar surface area (TPSA) is 58.1 Å². The highest BCUT2D eigenvalue weighted by molar-refractivity contribution is 7.98. The maximum absolute atomic E-state index is 13.8. The SMILES string of the molecule is CC(=O)N1CCC(Nc2cncc(SCc3ccccc3)n2)c2ccc(F)cc2C1. The molecule has 1 unspecified atom stereocenters. The Hall–Kier alpha value is -2.93. The van der Waals surface area contributed by atoms with Crippen LogP contribution in [0, 0.1) is 5.82 Å². The first-order valence-corrected chi connectivity index (χ1v) is 10.9. The van der Waals surface area contributed by atoms with Crippen LogP contribution in [0.1, 0.15) is 36.1 Å². The van der Waals surface area contributed by atoms with E-state index in [1.54, 1.807) is 42.0 Å². The maximum atomic E-state index is 13.8. The molecule has 3 aromatic rings. The van der Waals surface area contributed by atoms with Gasteiger partial charge in [-0.15, -0.1) is 11.8 Å². The minimum absolute atomic E-state index is 0.00929. The van der Waals surface area contributed by atoms with E-state index in [0.717, 1.165) is 21.9 Å². The van der Waals surface area contributed by atoms with E-state index in [0.29, 0.717) is 25.3 Å². The number of thioether (sulfide) groups is 1. The summed E-state index contributed by atoms with van der Waals surface area (Å²) in [5, 5.41) is 4.28. The molecule has 1 aliphatic heterocycles. The molecule has 5 nitrogen and oxygen atoms in total. The van der Waals surface area contributed by atoms with E-state index in [-0.39, 0.29) is 17.8 Å². The Balaban J connectivity index is 1.51. The van der Waals surface area contributed by atoms with Gasteiger partial charge in [0.05, 0.1) is 18.4 Å². The van der Waals surface area contributed by atoms with Crippen molar-refractivity contribution in [3.05, 3.63) is 83.4 Å². The molecule has 1 N–H and O–H groups in total. The molecule has 0 bridgehead atoms. The molecule has 1 amide bonds. The van der Waals surface area contributed by atoms with E-state index >= 15 is 0 Å². The molecule has 154 valence electrons. The van der Waals surface area contributed by atoms with Crippen molar-refractivity contribution >= 4 is 23.5 Å². The molecule has 1 aliphatic rings. The number of nitrogens with zero attached hydrogens (tertiary/aromatic N) is 3. The second-order valence-electron chi connectivity index (χ2n) is 7.29. The van der Waals surface area contributed by atoms with Crippen molar-refractivity contribution < 1.29 is 9.18 Å². The first-order chi connectivity index (χ1) is 14.6. The van der Waals surface area contributed by atoms with Gasteiger partial charge >= 0.3 is 0 Å². The summed E-state index contributed by atoms with van der Waals surface area (Å²) >= 11 is 1.63. The molecule has 30 heavy (non-hydrogen) atoms. The Labute approximate surface area is 179 Å². The third-order valence-corrected chi connectivity index (χ3v) is 6.11. The van der Waals surface area contributed by atoms with Gasteiger partial charge in [0.15, 0.2) is 0 Å². The second kappa shape index (κ2) is 9.26. The summed E-state index contributed by atoms with van der Waals surface area (Å²) in [5.74, 6) is 1.18. The predicted octanol–water partition coefficient (Wildman–Crippen LogP) is 4.81. The smallest absolute Gasteiger partial charge is 0.219 e. The van der Waals surface area contributed by atoms with Gasteiger partial charge in [-0.25, -0.2) is 9.37 Å². The first kappa shape index (κ1) is 20.3. The number of rotatable bonds is 5. The molecule has 0 aliphatic carbocycles. The van der Waals surface area contributed by atoms with Gasteiger partial charge in [-0.05, 0) is 35.2 Å². The number of hydrogen-bond donors (Lipinski definition) is 1. The highest BCUT2D eigenvalue weighted by Gasteiger charge is 2.24. The Morgan fingerprint density at radius 1 is 1.23 bits per heavy atom. The van der Waals surface area contributed by atoms with Crippen molar-refractivity contribution in [2.24, 2.45) is 0 Å². The summed E-state index contributed by atoms with van der Waals surface area (Å²) in [4.78, 5) is 22.7. The molecule has 0 saturated carbocycles. The van der Waals surface area contributed by atoms with E-state index in [1.807, 2.05) is 18.2 Å². The number of carbonyl (C=O) groups excluding carboxylic acids is 1. The quantitative estimate of drug-likeness (QED) is 0.598. The van der Waals surface area contributed by atoms with Crippen LogP contribution in [0.25, 0.3) is 0 Å². The van der Waals surface area contributed by atoms with Gasteiger partial charge in [-0.1, -0.05) is 36.4 Å². The van der Waals surface area contributed by atoms with E-state index < -0.39 is 0 Å². The molecular weight excluding hydrogens is 399 g/mol. The monoisotopic (exact) mass is 422 g/mol. The van der Waals surface area contributed by atoms with E-state index in [1.165, 1.54) is 17.7 Å². The second-order valence-corrected chi connectivity index (χ2v) is 8.28. The van der Waals surface area contributed by atoms with Crippen LogP contribution in [0.3, 0.4) is 0 Å². The molecule has 0 fully saturated rings.